The van der Waals surface area contributed by atoms with Crippen LogP contribution in [0.5, 0.6) is 0 Å². The second-order valence-electron chi connectivity index (χ2n) is 4.10. The van der Waals surface area contributed by atoms with Crippen LogP contribution in [0.4, 0.5) is 11.4 Å². The molecule has 0 aromatic heterocycles. The van der Waals surface area contributed by atoms with Crippen LogP contribution in [0.1, 0.15) is 18.9 Å². The number of hydrogen-bond acceptors (Lipinski definition) is 4. The molecule has 0 amide bonds. The van der Waals surface area contributed by atoms with Gasteiger partial charge in [0.25, 0.3) is 5.69 Å². The van der Waals surface area contributed by atoms with Crippen LogP contribution in [-0.4, -0.2) is 29.1 Å². The zero-order valence-corrected chi connectivity index (χ0v) is 10.4. The van der Waals surface area contributed by atoms with Gasteiger partial charge in [-0.1, -0.05) is 6.92 Å². The molecule has 0 atom stereocenters. The number of rotatable bonds is 6. The van der Waals surface area contributed by atoms with Crippen molar-refractivity contribution >= 4 is 17.3 Å². The molecular formula is C12H16N2O4. The number of nitro groups is 1. The van der Waals surface area contributed by atoms with Gasteiger partial charge in [0.05, 0.1) is 4.92 Å². The minimum atomic E-state index is -0.951. The van der Waals surface area contributed by atoms with Crippen molar-refractivity contribution in [1.82, 2.24) is 0 Å². The molecule has 1 rings (SSSR count). The Morgan fingerprint density at radius 3 is 2.61 bits per heavy atom. The van der Waals surface area contributed by atoms with Crippen molar-refractivity contribution in [1.29, 1.82) is 0 Å². The molecule has 1 N–H and O–H groups in total. The van der Waals surface area contributed by atoms with Gasteiger partial charge in [-0.15, -0.1) is 0 Å². The van der Waals surface area contributed by atoms with Gasteiger partial charge in [-0.25, -0.2) is 0 Å². The van der Waals surface area contributed by atoms with Gasteiger partial charge in [-0.05, 0) is 25.0 Å². The Kier molecular flexibility index (Phi) is 4.65. The van der Waals surface area contributed by atoms with Gasteiger partial charge in [0.2, 0.25) is 0 Å². The molecule has 18 heavy (non-hydrogen) atoms. The number of benzene rings is 1. The monoisotopic (exact) mass is 252 g/mol. The number of aliphatic carboxylic acids is 1. The fourth-order valence-electron chi connectivity index (χ4n) is 1.76. The van der Waals surface area contributed by atoms with E-state index in [1.807, 2.05) is 6.92 Å². The number of carboxylic acid groups (broad SMARTS) is 1. The summed E-state index contributed by atoms with van der Waals surface area (Å²) in [5.41, 5.74) is 1.30. The highest BCUT2D eigenvalue weighted by atomic mass is 16.6. The normalized spacial score (nSPS) is 10.1. The molecule has 0 bridgehead atoms. The Hall–Kier alpha value is -2.11. The maximum atomic E-state index is 10.8. The molecule has 0 heterocycles. The average molecular weight is 252 g/mol. The lowest BCUT2D eigenvalue weighted by atomic mass is 10.1. The molecule has 0 aliphatic heterocycles. The van der Waals surface area contributed by atoms with E-state index in [0.717, 1.165) is 12.0 Å². The number of anilines is 1. The van der Waals surface area contributed by atoms with E-state index >= 15 is 0 Å². The number of carboxylic acids is 1. The summed E-state index contributed by atoms with van der Waals surface area (Å²) in [7, 11) is 0. The second-order valence-corrected chi connectivity index (χ2v) is 4.10. The third-order valence-electron chi connectivity index (χ3n) is 2.44. The van der Waals surface area contributed by atoms with Gasteiger partial charge in [0.1, 0.15) is 6.54 Å². The molecule has 0 unspecified atom stereocenters. The topological polar surface area (TPSA) is 83.7 Å². The Morgan fingerprint density at radius 2 is 2.11 bits per heavy atom. The van der Waals surface area contributed by atoms with Crippen LogP contribution >= 0.6 is 0 Å². The number of aryl methyl sites for hydroxylation is 1. The second kappa shape index (κ2) is 6.00. The largest absolute Gasteiger partial charge is 0.480 e. The van der Waals surface area contributed by atoms with Crippen LogP contribution < -0.4 is 4.90 Å². The molecule has 0 radical (unpaired) electrons. The van der Waals surface area contributed by atoms with Crippen LogP contribution in [-0.2, 0) is 4.79 Å². The number of non-ortho nitro benzene ring substituents is 1. The summed E-state index contributed by atoms with van der Waals surface area (Å²) < 4.78 is 0. The summed E-state index contributed by atoms with van der Waals surface area (Å²) in [5, 5.41) is 19.6. The first-order valence-corrected chi connectivity index (χ1v) is 5.67. The Bertz CT molecular complexity index is 459. The zero-order valence-electron chi connectivity index (χ0n) is 10.4. The van der Waals surface area contributed by atoms with Gasteiger partial charge in [0, 0.05) is 24.4 Å². The van der Waals surface area contributed by atoms with Crippen LogP contribution in [0.15, 0.2) is 18.2 Å². The van der Waals surface area contributed by atoms with Gasteiger partial charge in [-0.3, -0.25) is 14.9 Å². The lowest BCUT2D eigenvalue weighted by Crippen LogP contribution is -2.30. The molecule has 1 aromatic carbocycles. The average Bonchev–Trinajstić information content (AvgIpc) is 2.27. The number of hydrogen-bond donors (Lipinski definition) is 1. The molecule has 1 aromatic rings. The van der Waals surface area contributed by atoms with Crippen molar-refractivity contribution in [3.8, 4) is 0 Å². The molecule has 0 saturated carbocycles. The molecule has 6 nitrogen and oxygen atoms in total. The Morgan fingerprint density at radius 1 is 1.44 bits per heavy atom. The minimum Gasteiger partial charge on any atom is -0.480 e. The zero-order chi connectivity index (χ0) is 13.7. The minimum absolute atomic E-state index is 0.0171. The van der Waals surface area contributed by atoms with Crippen molar-refractivity contribution in [2.24, 2.45) is 0 Å². The highest BCUT2D eigenvalue weighted by molar-refractivity contribution is 5.74. The highest BCUT2D eigenvalue weighted by Crippen LogP contribution is 2.23. The maximum Gasteiger partial charge on any atom is 0.323 e. The smallest absolute Gasteiger partial charge is 0.323 e. The fraction of sp³-hybridized carbons (Fsp3) is 0.417. The predicted octanol–water partition coefficient (Wildman–Crippen LogP) is 2.20. The van der Waals surface area contributed by atoms with E-state index in [9.17, 15) is 14.9 Å². The van der Waals surface area contributed by atoms with E-state index in [1.165, 1.54) is 12.1 Å². The van der Waals surface area contributed by atoms with Crippen molar-refractivity contribution in [2.45, 2.75) is 20.3 Å². The fourth-order valence-corrected chi connectivity index (χ4v) is 1.76. The molecule has 0 aliphatic carbocycles. The lowest BCUT2D eigenvalue weighted by Gasteiger charge is -2.22. The quantitative estimate of drug-likeness (QED) is 0.619. The first-order valence-electron chi connectivity index (χ1n) is 5.67. The molecule has 6 heteroatoms. The molecule has 0 saturated heterocycles. The van der Waals surface area contributed by atoms with Gasteiger partial charge >= 0.3 is 5.97 Å². The number of nitrogens with zero attached hydrogens (tertiary/aromatic N) is 2. The van der Waals surface area contributed by atoms with Crippen LogP contribution in [0.2, 0.25) is 0 Å². The van der Waals surface area contributed by atoms with E-state index in [0.29, 0.717) is 12.2 Å². The van der Waals surface area contributed by atoms with E-state index in [2.05, 4.69) is 0 Å². The summed E-state index contributed by atoms with van der Waals surface area (Å²) in [6.45, 7) is 4.07. The van der Waals surface area contributed by atoms with Crippen LogP contribution in [0, 0.1) is 17.0 Å². The Balaban J connectivity index is 3.10. The first kappa shape index (κ1) is 14.0. The third-order valence-corrected chi connectivity index (χ3v) is 2.44. The van der Waals surface area contributed by atoms with Crippen molar-refractivity contribution in [3.63, 3.8) is 0 Å². The third kappa shape index (κ3) is 3.73. The first-order chi connectivity index (χ1) is 8.43. The van der Waals surface area contributed by atoms with Crippen molar-refractivity contribution in [3.05, 3.63) is 33.9 Å². The molecule has 0 spiro atoms. The predicted molar refractivity (Wildman–Crippen MR) is 68.0 cm³/mol. The summed E-state index contributed by atoms with van der Waals surface area (Å²) in [6.07, 6.45) is 0.773. The summed E-state index contributed by atoms with van der Waals surface area (Å²) >= 11 is 0. The van der Waals surface area contributed by atoms with Crippen molar-refractivity contribution in [2.75, 3.05) is 18.0 Å². The maximum absolute atomic E-state index is 10.8. The molecule has 0 aliphatic rings. The van der Waals surface area contributed by atoms with Crippen LogP contribution in [0.3, 0.4) is 0 Å². The van der Waals surface area contributed by atoms with E-state index < -0.39 is 10.9 Å². The standard InChI is InChI=1S/C12H16N2O4/c1-3-4-13(8-12(15)16)10-5-9(2)6-11(7-10)14(17)18/h5-7H,3-4,8H2,1-2H3,(H,15,16). The number of carbonyl (C=O) groups is 1. The molecule has 0 fully saturated rings. The summed E-state index contributed by atoms with van der Waals surface area (Å²) in [4.78, 5) is 22.7. The van der Waals surface area contributed by atoms with E-state index in [4.69, 9.17) is 5.11 Å². The Labute approximate surface area is 105 Å². The van der Waals surface area contributed by atoms with Gasteiger partial charge in [-0.2, -0.15) is 0 Å². The highest BCUT2D eigenvalue weighted by Gasteiger charge is 2.14. The summed E-state index contributed by atoms with van der Waals surface area (Å²) in [5.74, 6) is -0.951. The van der Waals surface area contributed by atoms with Gasteiger partial charge in [0.15, 0.2) is 0 Å². The van der Waals surface area contributed by atoms with Gasteiger partial charge < -0.3 is 10.0 Å². The van der Waals surface area contributed by atoms with Crippen LogP contribution in [0.25, 0.3) is 0 Å². The number of nitro benzene ring substituents is 1. The summed E-state index contributed by atoms with van der Waals surface area (Å²) in [6, 6.07) is 4.63. The SMILES string of the molecule is CCCN(CC(=O)O)c1cc(C)cc([N+](=O)[O-])c1. The molecule has 98 valence electrons. The van der Waals surface area contributed by atoms with Crippen molar-refractivity contribution < 1.29 is 14.8 Å². The van der Waals surface area contributed by atoms with E-state index in [-0.39, 0.29) is 12.2 Å². The van der Waals surface area contributed by atoms with E-state index in [1.54, 1.807) is 17.9 Å². The lowest BCUT2D eigenvalue weighted by molar-refractivity contribution is -0.384. The molecular weight excluding hydrogens is 236 g/mol.